The van der Waals surface area contributed by atoms with Crippen molar-refractivity contribution in [2.75, 3.05) is 0 Å². The number of nitrogens with zero attached hydrogens (tertiary/aromatic N) is 2. The Balaban J connectivity index is 1.93. The van der Waals surface area contributed by atoms with E-state index < -0.39 is 6.04 Å². The molecule has 0 bridgehead atoms. The molecule has 0 aliphatic rings. The molecule has 0 unspecified atom stereocenters. The van der Waals surface area contributed by atoms with Gasteiger partial charge in [0.05, 0.1) is 0 Å². The lowest BCUT2D eigenvalue weighted by molar-refractivity contribution is 0.367. The molecule has 106 valence electrons. The molecule has 0 saturated carbocycles. The van der Waals surface area contributed by atoms with Crippen LogP contribution in [0.1, 0.15) is 23.1 Å². The fraction of sp³-hybridized carbons (Fsp3) is 0.125. The first-order valence-electron chi connectivity index (χ1n) is 6.55. The van der Waals surface area contributed by atoms with Gasteiger partial charge in [-0.15, -0.1) is 0 Å². The van der Waals surface area contributed by atoms with Gasteiger partial charge in [0.2, 0.25) is 11.7 Å². The van der Waals surface area contributed by atoms with Gasteiger partial charge >= 0.3 is 0 Å². The standard InChI is InChI=1S/C16H14FN3O/c1-10-7-12(9-13(17)8-10)15-19-16(21-20-15)14(18)11-5-3-2-4-6-11/h2-9,14H,18H2,1H3/t14-/m0/s1. The van der Waals surface area contributed by atoms with Crippen molar-refractivity contribution < 1.29 is 8.91 Å². The Kier molecular flexibility index (Phi) is 3.50. The summed E-state index contributed by atoms with van der Waals surface area (Å²) < 4.78 is 18.6. The van der Waals surface area contributed by atoms with Crippen LogP contribution < -0.4 is 5.73 Å². The van der Waals surface area contributed by atoms with E-state index in [1.165, 1.54) is 12.1 Å². The number of benzene rings is 2. The molecule has 1 atom stereocenters. The number of rotatable bonds is 3. The highest BCUT2D eigenvalue weighted by molar-refractivity contribution is 5.55. The topological polar surface area (TPSA) is 64.9 Å². The SMILES string of the molecule is Cc1cc(F)cc(-c2noc([C@@H](N)c3ccccc3)n2)c1. The number of hydrogen-bond acceptors (Lipinski definition) is 4. The van der Waals surface area contributed by atoms with Gasteiger partial charge in [0.25, 0.3) is 0 Å². The first-order valence-corrected chi connectivity index (χ1v) is 6.55. The van der Waals surface area contributed by atoms with Gasteiger partial charge in [-0.3, -0.25) is 0 Å². The molecule has 1 heterocycles. The van der Waals surface area contributed by atoms with Crippen molar-refractivity contribution in [3.05, 3.63) is 71.4 Å². The van der Waals surface area contributed by atoms with Crippen LogP contribution in [0.25, 0.3) is 11.4 Å². The summed E-state index contributed by atoms with van der Waals surface area (Å²) >= 11 is 0. The third-order valence-electron chi connectivity index (χ3n) is 3.17. The molecule has 5 heteroatoms. The van der Waals surface area contributed by atoms with E-state index in [-0.39, 0.29) is 5.82 Å². The van der Waals surface area contributed by atoms with Crippen LogP contribution in [0.15, 0.2) is 53.1 Å². The Bertz CT molecular complexity index is 735. The Morgan fingerprint density at radius 1 is 1.14 bits per heavy atom. The second kappa shape index (κ2) is 5.46. The van der Waals surface area contributed by atoms with Crippen LogP contribution in [0, 0.1) is 12.7 Å². The Morgan fingerprint density at radius 3 is 2.62 bits per heavy atom. The minimum absolute atomic E-state index is 0.304. The lowest BCUT2D eigenvalue weighted by Crippen LogP contribution is -2.11. The zero-order valence-electron chi connectivity index (χ0n) is 11.5. The van der Waals surface area contributed by atoms with Gasteiger partial charge < -0.3 is 10.3 Å². The summed E-state index contributed by atoms with van der Waals surface area (Å²) in [6, 6.07) is 13.6. The molecule has 0 radical (unpaired) electrons. The molecule has 21 heavy (non-hydrogen) atoms. The van der Waals surface area contributed by atoms with Crippen LogP contribution in [-0.2, 0) is 0 Å². The van der Waals surface area contributed by atoms with E-state index in [0.29, 0.717) is 17.3 Å². The molecular weight excluding hydrogens is 269 g/mol. The molecule has 0 spiro atoms. The first-order chi connectivity index (χ1) is 10.1. The quantitative estimate of drug-likeness (QED) is 0.801. The second-order valence-corrected chi connectivity index (χ2v) is 4.86. The maximum atomic E-state index is 13.4. The number of hydrogen-bond donors (Lipinski definition) is 1. The largest absolute Gasteiger partial charge is 0.337 e. The van der Waals surface area contributed by atoms with Crippen molar-refractivity contribution in [3.8, 4) is 11.4 Å². The monoisotopic (exact) mass is 283 g/mol. The Labute approximate surface area is 121 Å². The van der Waals surface area contributed by atoms with Crippen LogP contribution in [0.3, 0.4) is 0 Å². The lowest BCUT2D eigenvalue weighted by atomic mass is 10.1. The van der Waals surface area contributed by atoms with Crippen LogP contribution >= 0.6 is 0 Å². The number of halogens is 1. The van der Waals surface area contributed by atoms with Crippen molar-refractivity contribution in [3.63, 3.8) is 0 Å². The average Bonchev–Trinajstić information content (AvgIpc) is 2.96. The minimum atomic E-state index is -0.498. The van der Waals surface area contributed by atoms with E-state index in [1.54, 1.807) is 6.07 Å². The van der Waals surface area contributed by atoms with Crippen LogP contribution in [-0.4, -0.2) is 10.1 Å². The smallest absolute Gasteiger partial charge is 0.248 e. The zero-order valence-corrected chi connectivity index (χ0v) is 11.5. The second-order valence-electron chi connectivity index (χ2n) is 4.86. The van der Waals surface area contributed by atoms with Crippen LogP contribution in [0.4, 0.5) is 4.39 Å². The molecule has 1 aromatic heterocycles. The van der Waals surface area contributed by atoms with Crippen molar-refractivity contribution in [1.29, 1.82) is 0 Å². The molecule has 3 rings (SSSR count). The summed E-state index contributed by atoms with van der Waals surface area (Å²) in [5, 5.41) is 3.88. The van der Waals surface area contributed by atoms with Gasteiger partial charge in [0.15, 0.2) is 0 Å². The third kappa shape index (κ3) is 2.83. The van der Waals surface area contributed by atoms with E-state index in [0.717, 1.165) is 11.1 Å². The third-order valence-corrected chi connectivity index (χ3v) is 3.17. The molecule has 3 aromatic rings. The minimum Gasteiger partial charge on any atom is -0.337 e. The molecule has 0 saturated heterocycles. The molecule has 4 nitrogen and oxygen atoms in total. The molecule has 0 aliphatic heterocycles. The van der Waals surface area contributed by atoms with Gasteiger partial charge in [-0.2, -0.15) is 4.98 Å². The van der Waals surface area contributed by atoms with Crippen LogP contribution in [0.2, 0.25) is 0 Å². The van der Waals surface area contributed by atoms with Crippen molar-refractivity contribution in [2.24, 2.45) is 5.73 Å². The first kappa shape index (κ1) is 13.5. The molecule has 0 fully saturated rings. The molecule has 0 amide bonds. The maximum Gasteiger partial charge on any atom is 0.248 e. The fourth-order valence-electron chi connectivity index (χ4n) is 2.15. The van der Waals surface area contributed by atoms with E-state index in [2.05, 4.69) is 10.1 Å². The zero-order chi connectivity index (χ0) is 14.8. The van der Waals surface area contributed by atoms with Crippen LogP contribution in [0.5, 0.6) is 0 Å². The van der Waals surface area contributed by atoms with Crippen molar-refractivity contribution in [2.45, 2.75) is 13.0 Å². The van der Waals surface area contributed by atoms with Crippen molar-refractivity contribution >= 4 is 0 Å². The average molecular weight is 283 g/mol. The highest BCUT2D eigenvalue weighted by Crippen LogP contribution is 2.23. The Hall–Kier alpha value is -2.53. The highest BCUT2D eigenvalue weighted by atomic mass is 19.1. The molecular formula is C16H14FN3O. The molecule has 0 aliphatic carbocycles. The Morgan fingerprint density at radius 2 is 1.90 bits per heavy atom. The van der Waals surface area contributed by atoms with Gasteiger partial charge in [-0.05, 0) is 36.2 Å². The summed E-state index contributed by atoms with van der Waals surface area (Å²) in [5.41, 5.74) is 8.34. The van der Waals surface area contributed by atoms with Gasteiger partial charge in [-0.25, -0.2) is 4.39 Å². The van der Waals surface area contributed by atoms with Gasteiger partial charge in [0, 0.05) is 5.56 Å². The number of nitrogens with two attached hydrogens (primary N) is 1. The normalized spacial score (nSPS) is 12.3. The van der Waals surface area contributed by atoms with Gasteiger partial charge in [-0.1, -0.05) is 35.5 Å². The van der Waals surface area contributed by atoms with Crippen molar-refractivity contribution in [1.82, 2.24) is 10.1 Å². The summed E-state index contributed by atoms with van der Waals surface area (Å²) in [6.45, 7) is 1.81. The summed E-state index contributed by atoms with van der Waals surface area (Å²) in [7, 11) is 0. The lowest BCUT2D eigenvalue weighted by Gasteiger charge is -2.05. The summed E-state index contributed by atoms with van der Waals surface area (Å²) in [6.07, 6.45) is 0. The summed E-state index contributed by atoms with van der Waals surface area (Å²) in [4.78, 5) is 4.27. The summed E-state index contributed by atoms with van der Waals surface area (Å²) in [5.74, 6) is 0.306. The predicted octanol–water partition coefficient (Wildman–Crippen LogP) is 3.23. The fourth-order valence-corrected chi connectivity index (χ4v) is 2.15. The number of aryl methyl sites for hydroxylation is 1. The van der Waals surface area contributed by atoms with Gasteiger partial charge in [0.1, 0.15) is 11.9 Å². The maximum absolute atomic E-state index is 13.4. The highest BCUT2D eigenvalue weighted by Gasteiger charge is 2.17. The molecule has 2 N–H and O–H groups in total. The van der Waals surface area contributed by atoms with E-state index in [1.807, 2.05) is 37.3 Å². The van der Waals surface area contributed by atoms with E-state index >= 15 is 0 Å². The number of aromatic nitrogens is 2. The van der Waals surface area contributed by atoms with E-state index in [4.69, 9.17) is 10.3 Å². The predicted molar refractivity (Wildman–Crippen MR) is 76.9 cm³/mol. The van der Waals surface area contributed by atoms with E-state index in [9.17, 15) is 4.39 Å². The molecule has 2 aromatic carbocycles.